The van der Waals surface area contributed by atoms with Crippen LogP contribution in [0, 0.1) is 6.92 Å². The van der Waals surface area contributed by atoms with E-state index < -0.39 is 18.5 Å². The van der Waals surface area contributed by atoms with Crippen LogP contribution < -0.4 is 5.32 Å². The summed E-state index contributed by atoms with van der Waals surface area (Å²) in [5, 5.41) is 6.39. The number of para-hydroxylation sites is 1. The van der Waals surface area contributed by atoms with Crippen molar-refractivity contribution in [3.63, 3.8) is 0 Å². The molecule has 0 aliphatic heterocycles. The van der Waals surface area contributed by atoms with Gasteiger partial charge in [-0.2, -0.15) is 0 Å². The molecule has 0 spiro atoms. The molecule has 1 N–H and O–H groups in total. The smallest absolute Gasteiger partial charge is 0.377 e. The molecule has 6 nitrogen and oxygen atoms in total. The number of nitrogens with zero attached hydrogens (tertiary/aromatic N) is 1. The molecule has 0 radical (unpaired) electrons. The van der Waals surface area contributed by atoms with Crippen LogP contribution in [0.5, 0.6) is 0 Å². The van der Waals surface area contributed by atoms with E-state index in [1.807, 2.05) is 54.6 Å². The monoisotopic (exact) mass is 350 g/mol. The molecule has 0 aliphatic carbocycles. The quantitative estimate of drug-likeness (QED) is 0.689. The number of aromatic nitrogens is 1. The van der Waals surface area contributed by atoms with Crippen molar-refractivity contribution in [2.75, 3.05) is 11.9 Å². The van der Waals surface area contributed by atoms with Gasteiger partial charge < -0.3 is 14.6 Å². The average Bonchev–Trinajstić information content (AvgIpc) is 3.09. The first-order valence-corrected chi connectivity index (χ1v) is 8.14. The summed E-state index contributed by atoms with van der Waals surface area (Å²) in [5.74, 6) is -1.17. The molecule has 0 saturated heterocycles. The highest BCUT2D eigenvalue weighted by Crippen LogP contribution is 2.19. The van der Waals surface area contributed by atoms with Gasteiger partial charge >= 0.3 is 5.97 Å². The molecule has 0 atom stereocenters. The summed E-state index contributed by atoms with van der Waals surface area (Å²) < 4.78 is 9.75. The molecule has 2 aromatic carbocycles. The van der Waals surface area contributed by atoms with Crippen LogP contribution in [-0.2, 0) is 16.0 Å². The van der Waals surface area contributed by atoms with E-state index in [9.17, 15) is 9.59 Å². The summed E-state index contributed by atoms with van der Waals surface area (Å²) in [6.07, 6.45) is 0.689. The van der Waals surface area contributed by atoms with Gasteiger partial charge in [0.05, 0.1) is 5.69 Å². The highest BCUT2D eigenvalue weighted by molar-refractivity contribution is 5.95. The van der Waals surface area contributed by atoms with Crippen molar-refractivity contribution < 1.29 is 18.8 Å². The number of aryl methyl sites for hydroxylation is 1. The molecule has 0 aliphatic rings. The Kier molecular flexibility index (Phi) is 5.43. The highest BCUT2D eigenvalue weighted by Gasteiger charge is 2.15. The van der Waals surface area contributed by atoms with E-state index in [-0.39, 0.29) is 5.76 Å². The summed E-state index contributed by atoms with van der Waals surface area (Å²) in [7, 11) is 0. The summed E-state index contributed by atoms with van der Waals surface area (Å²) >= 11 is 0. The van der Waals surface area contributed by atoms with Gasteiger partial charge in [0.1, 0.15) is 0 Å². The first-order chi connectivity index (χ1) is 12.6. The second-order valence-corrected chi connectivity index (χ2v) is 5.78. The lowest BCUT2D eigenvalue weighted by Gasteiger charge is -2.11. The molecular formula is C20H18N2O4. The molecule has 1 aromatic heterocycles. The molecule has 3 aromatic rings. The van der Waals surface area contributed by atoms with Crippen LogP contribution in [0.3, 0.4) is 0 Å². The maximum Gasteiger partial charge on any atom is 0.377 e. The number of nitrogens with one attached hydrogen (secondary N) is 1. The third-order valence-corrected chi connectivity index (χ3v) is 3.69. The lowest BCUT2D eigenvalue weighted by Crippen LogP contribution is -2.21. The minimum absolute atomic E-state index is 0.0280. The highest BCUT2D eigenvalue weighted by atomic mass is 16.6. The molecule has 1 heterocycles. The normalized spacial score (nSPS) is 10.3. The summed E-state index contributed by atoms with van der Waals surface area (Å²) in [4.78, 5) is 23.9. The number of carbonyl (C=O) groups is 2. The molecule has 26 heavy (non-hydrogen) atoms. The summed E-state index contributed by atoms with van der Waals surface area (Å²) in [6.45, 7) is 1.29. The first-order valence-electron chi connectivity index (χ1n) is 8.14. The third-order valence-electron chi connectivity index (χ3n) is 3.69. The van der Waals surface area contributed by atoms with Gasteiger partial charge in [0.2, 0.25) is 5.76 Å². The van der Waals surface area contributed by atoms with Gasteiger partial charge in [-0.3, -0.25) is 4.79 Å². The van der Waals surface area contributed by atoms with Gasteiger partial charge in [-0.25, -0.2) is 4.79 Å². The lowest BCUT2D eigenvalue weighted by molar-refractivity contribution is -0.119. The minimum atomic E-state index is -0.724. The van der Waals surface area contributed by atoms with Crippen molar-refractivity contribution in [1.29, 1.82) is 0 Å². The van der Waals surface area contributed by atoms with E-state index in [2.05, 4.69) is 10.5 Å². The number of hydrogen-bond donors (Lipinski definition) is 1. The van der Waals surface area contributed by atoms with Crippen LogP contribution in [-0.4, -0.2) is 23.6 Å². The topological polar surface area (TPSA) is 81.4 Å². The number of ether oxygens (including phenoxy) is 1. The van der Waals surface area contributed by atoms with Crippen LogP contribution >= 0.6 is 0 Å². The van der Waals surface area contributed by atoms with Crippen LogP contribution in [0.2, 0.25) is 0 Å². The Morgan fingerprint density at radius 3 is 2.54 bits per heavy atom. The zero-order valence-electron chi connectivity index (χ0n) is 14.3. The molecule has 132 valence electrons. The van der Waals surface area contributed by atoms with Crippen molar-refractivity contribution in [3.8, 4) is 0 Å². The van der Waals surface area contributed by atoms with Crippen molar-refractivity contribution in [3.05, 3.63) is 83.2 Å². The van der Waals surface area contributed by atoms with Crippen LogP contribution in [0.1, 0.15) is 27.4 Å². The number of rotatable bonds is 6. The van der Waals surface area contributed by atoms with Crippen molar-refractivity contribution in [2.45, 2.75) is 13.3 Å². The Hall–Kier alpha value is -3.41. The first kappa shape index (κ1) is 17.4. The van der Waals surface area contributed by atoms with E-state index in [4.69, 9.17) is 9.26 Å². The van der Waals surface area contributed by atoms with E-state index in [0.717, 1.165) is 11.1 Å². The molecule has 3 rings (SSSR count). The minimum Gasteiger partial charge on any atom is -0.450 e. The Bertz CT molecular complexity index is 903. The average molecular weight is 350 g/mol. The van der Waals surface area contributed by atoms with Crippen LogP contribution in [0.15, 0.2) is 65.2 Å². The summed E-state index contributed by atoms with van der Waals surface area (Å²) in [6, 6.07) is 18.9. The van der Waals surface area contributed by atoms with Gasteiger partial charge in [0, 0.05) is 11.8 Å². The van der Waals surface area contributed by atoms with E-state index >= 15 is 0 Å². The Labute approximate surface area is 150 Å². The molecule has 1 amide bonds. The second-order valence-electron chi connectivity index (χ2n) is 5.78. The number of hydrogen-bond acceptors (Lipinski definition) is 5. The second kappa shape index (κ2) is 8.11. The zero-order chi connectivity index (χ0) is 18.4. The largest absolute Gasteiger partial charge is 0.450 e. The fraction of sp³-hybridized carbons (Fsp3) is 0.150. The van der Waals surface area contributed by atoms with E-state index in [1.165, 1.54) is 6.07 Å². The third kappa shape index (κ3) is 4.57. The molecule has 0 bridgehead atoms. The predicted molar refractivity (Wildman–Crippen MR) is 95.8 cm³/mol. The number of carbonyl (C=O) groups excluding carboxylic acids is 2. The molecule has 0 unspecified atom stereocenters. The van der Waals surface area contributed by atoms with Gasteiger partial charge in [0.15, 0.2) is 6.61 Å². The van der Waals surface area contributed by atoms with Crippen molar-refractivity contribution in [1.82, 2.24) is 5.16 Å². The van der Waals surface area contributed by atoms with Gasteiger partial charge in [0.25, 0.3) is 5.91 Å². The van der Waals surface area contributed by atoms with E-state index in [1.54, 1.807) is 6.92 Å². The van der Waals surface area contributed by atoms with E-state index in [0.29, 0.717) is 17.8 Å². The van der Waals surface area contributed by atoms with Gasteiger partial charge in [-0.15, -0.1) is 0 Å². The predicted octanol–water partition coefficient (Wildman–Crippen LogP) is 3.37. The van der Waals surface area contributed by atoms with Gasteiger partial charge in [-0.05, 0) is 30.5 Å². The van der Waals surface area contributed by atoms with Crippen molar-refractivity contribution in [2.24, 2.45) is 0 Å². The lowest BCUT2D eigenvalue weighted by atomic mass is 10.0. The Morgan fingerprint density at radius 1 is 1.08 bits per heavy atom. The van der Waals surface area contributed by atoms with Crippen LogP contribution in [0.4, 0.5) is 5.69 Å². The number of benzene rings is 2. The molecule has 0 saturated carbocycles. The number of esters is 1. The fourth-order valence-corrected chi connectivity index (χ4v) is 2.46. The van der Waals surface area contributed by atoms with Crippen molar-refractivity contribution >= 4 is 17.6 Å². The Balaban J connectivity index is 1.60. The molecule has 6 heteroatoms. The number of amides is 1. The number of anilines is 1. The molecule has 0 fully saturated rings. The standard InChI is InChI=1S/C20H18N2O4/c1-14-11-18(26-22-14)20(24)25-13-19(23)21-17-10-6-5-9-16(17)12-15-7-3-2-4-8-15/h2-11H,12-13H2,1H3,(H,21,23). The van der Waals surface area contributed by atoms with Crippen LogP contribution in [0.25, 0.3) is 0 Å². The van der Waals surface area contributed by atoms with Gasteiger partial charge in [-0.1, -0.05) is 53.7 Å². The molecular weight excluding hydrogens is 332 g/mol. The fourth-order valence-electron chi connectivity index (χ4n) is 2.46. The zero-order valence-corrected chi connectivity index (χ0v) is 14.3. The SMILES string of the molecule is Cc1cc(C(=O)OCC(=O)Nc2ccccc2Cc2ccccc2)on1. The maximum absolute atomic E-state index is 12.1. The maximum atomic E-state index is 12.1. The Morgan fingerprint density at radius 2 is 1.81 bits per heavy atom. The summed E-state index contributed by atoms with van der Waals surface area (Å²) in [5.41, 5.74) is 3.37.